The quantitative estimate of drug-likeness (QED) is 0.413. The highest BCUT2D eigenvalue weighted by atomic mass is 19.4. The molecule has 1 amide bonds. The van der Waals surface area contributed by atoms with Crippen LogP contribution in [0.5, 0.6) is 5.75 Å². The molecule has 0 heterocycles. The fourth-order valence-electron chi connectivity index (χ4n) is 3.37. The van der Waals surface area contributed by atoms with Gasteiger partial charge in [-0.3, -0.25) is 4.79 Å². The molecular weight excluding hydrogens is 451 g/mol. The van der Waals surface area contributed by atoms with Gasteiger partial charge < -0.3 is 19.9 Å². The molecule has 2 rings (SSSR count). The maximum atomic E-state index is 12.8. The Morgan fingerprint density at radius 3 is 2.21 bits per heavy atom. The second-order valence-electron chi connectivity index (χ2n) is 7.80. The van der Waals surface area contributed by atoms with E-state index >= 15 is 0 Å². The van der Waals surface area contributed by atoms with Crippen molar-refractivity contribution >= 4 is 11.9 Å². The molecule has 186 valence electrons. The molecule has 0 aromatic heterocycles. The van der Waals surface area contributed by atoms with Crippen molar-refractivity contribution < 1.29 is 37.3 Å². The van der Waals surface area contributed by atoms with Crippen LogP contribution in [0.15, 0.2) is 48.5 Å². The van der Waals surface area contributed by atoms with Crippen LogP contribution >= 0.6 is 0 Å². The van der Waals surface area contributed by atoms with E-state index in [1.54, 1.807) is 31.2 Å². The Morgan fingerprint density at radius 2 is 1.68 bits per heavy atom. The van der Waals surface area contributed by atoms with E-state index in [2.05, 4.69) is 5.32 Å². The van der Waals surface area contributed by atoms with Gasteiger partial charge in [0.2, 0.25) is 0 Å². The Kier molecular flexibility index (Phi) is 10.4. The summed E-state index contributed by atoms with van der Waals surface area (Å²) in [5.41, 5.74) is 0.612. The predicted octanol–water partition coefficient (Wildman–Crippen LogP) is 5.16. The summed E-state index contributed by atoms with van der Waals surface area (Å²) in [5.74, 6) is -1.00. The summed E-state index contributed by atoms with van der Waals surface area (Å²) in [6, 6.07) is 11.1. The van der Waals surface area contributed by atoms with Crippen LogP contribution in [-0.4, -0.2) is 36.3 Å². The molecular formula is C25H30F3NO5. The molecule has 6 nitrogen and oxygen atoms in total. The van der Waals surface area contributed by atoms with Crippen LogP contribution in [0.2, 0.25) is 0 Å². The van der Waals surface area contributed by atoms with Gasteiger partial charge in [-0.1, -0.05) is 44.0 Å². The van der Waals surface area contributed by atoms with Gasteiger partial charge in [0.1, 0.15) is 5.75 Å². The number of carboxylic acid groups (broad SMARTS) is 1. The summed E-state index contributed by atoms with van der Waals surface area (Å²) in [5, 5.41) is 12.0. The van der Waals surface area contributed by atoms with Crippen LogP contribution in [0.3, 0.4) is 0 Å². The number of ether oxygens (including phenoxy) is 2. The lowest BCUT2D eigenvalue weighted by molar-refractivity contribution is -0.150. The summed E-state index contributed by atoms with van der Waals surface area (Å²) < 4.78 is 49.2. The SMILES string of the molecule is CCCCC(NC(=O)COc1ccc(C[C@H](OCC)C(=O)O)cc1)c1ccc(C(F)(F)F)cc1. The third-order valence-corrected chi connectivity index (χ3v) is 5.18. The van der Waals surface area contributed by atoms with Crippen molar-refractivity contribution in [1.82, 2.24) is 5.32 Å². The number of amides is 1. The number of benzene rings is 2. The number of hydrogen-bond donors (Lipinski definition) is 2. The molecule has 0 aliphatic rings. The molecule has 0 aliphatic carbocycles. The second kappa shape index (κ2) is 13.0. The number of halogens is 3. The first kappa shape index (κ1) is 27.2. The van der Waals surface area contributed by atoms with Gasteiger partial charge >= 0.3 is 12.1 Å². The zero-order valence-electron chi connectivity index (χ0n) is 19.2. The third kappa shape index (κ3) is 8.70. The molecule has 0 spiro atoms. The fourth-order valence-corrected chi connectivity index (χ4v) is 3.37. The standard InChI is InChI=1S/C25H30F3NO5/c1-3-5-6-21(18-9-11-19(12-10-18)25(26,27)28)29-23(30)16-34-20-13-7-17(8-14-20)15-22(24(31)32)33-4-2/h7-14,21-22H,3-6,15-16H2,1-2H3,(H,29,30)(H,31,32)/t21?,22-/m0/s1. The third-order valence-electron chi connectivity index (χ3n) is 5.18. The van der Waals surface area contributed by atoms with Gasteiger partial charge in [-0.25, -0.2) is 4.79 Å². The van der Waals surface area contributed by atoms with E-state index in [-0.39, 0.29) is 13.0 Å². The topological polar surface area (TPSA) is 84.9 Å². The van der Waals surface area contributed by atoms with Crippen LogP contribution in [0.25, 0.3) is 0 Å². The molecule has 2 N–H and O–H groups in total. The minimum atomic E-state index is -4.42. The maximum Gasteiger partial charge on any atom is 0.416 e. The lowest BCUT2D eigenvalue weighted by Crippen LogP contribution is -2.32. The zero-order chi connectivity index (χ0) is 25.1. The predicted molar refractivity (Wildman–Crippen MR) is 121 cm³/mol. The smallest absolute Gasteiger partial charge is 0.416 e. The molecule has 34 heavy (non-hydrogen) atoms. The first-order chi connectivity index (χ1) is 16.1. The van der Waals surface area contributed by atoms with E-state index in [4.69, 9.17) is 9.47 Å². The molecule has 2 aromatic rings. The Hall–Kier alpha value is -3.07. The molecule has 0 fully saturated rings. The summed E-state index contributed by atoms with van der Waals surface area (Å²) in [6.45, 7) is 3.74. The summed E-state index contributed by atoms with van der Waals surface area (Å²) in [4.78, 5) is 23.7. The lowest BCUT2D eigenvalue weighted by Gasteiger charge is -2.20. The lowest BCUT2D eigenvalue weighted by atomic mass is 9.99. The average molecular weight is 482 g/mol. The minimum Gasteiger partial charge on any atom is -0.484 e. The Morgan fingerprint density at radius 1 is 1.03 bits per heavy atom. The van der Waals surface area contributed by atoms with Crippen molar-refractivity contribution in [3.05, 3.63) is 65.2 Å². The van der Waals surface area contributed by atoms with E-state index in [1.807, 2.05) is 6.92 Å². The van der Waals surface area contributed by atoms with Crippen LogP contribution < -0.4 is 10.1 Å². The largest absolute Gasteiger partial charge is 0.484 e. The Labute approximate surface area is 197 Å². The molecule has 2 aromatic carbocycles. The van der Waals surface area contributed by atoms with E-state index in [0.29, 0.717) is 24.3 Å². The molecule has 0 bridgehead atoms. The maximum absolute atomic E-state index is 12.8. The monoisotopic (exact) mass is 481 g/mol. The van der Waals surface area contributed by atoms with Gasteiger partial charge in [0.25, 0.3) is 5.91 Å². The van der Waals surface area contributed by atoms with Crippen molar-refractivity contribution in [3.8, 4) is 5.75 Å². The van der Waals surface area contributed by atoms with Crippen LogP contribution in [0.4, 0.5) is 13.2 Å². The van der Waals surface area contributed by atoms with Gasteiger partial charge in [-0.05, 0) is 48.7 Å². The number of carboxylic acids is 1. The number of carbonyl (C=O) groups is 2. The molecule has 1 unspecified atom stereocenters. The minimum absolute atomic E-state index is 0.205. The number of hydrogen-bond acceptors (Lipinski definition) is 4. The first-order valence-corrected chi connectivity index (χ1v) is 11.2. The normalized spacial score (nSPS) is 13.2. The highest BCUT2D eigenvalue weighted by Gasteiger charge is 2.30. The first-order valence-electron chi connectivity index (χ1n) is 11.2. The van der Waals surface area contributed by atoms with E-state index in [1.165, 1.54) is 12.1 Å². The molecule has 2 atom stereocenters. The average Bonchev–Trinajstić information content (AvgIpc) is 2.80. The van der Waals surface area contributed by atoms with Crippen molar-refractivity contribution in [2.75, 3.05) is 13.2 Å². The van der Waals surface area contributed by atoms with Crippen molar-refractivity contribution in [2.24, 2.45) is 0 Å². The number of aliphatic carboxylic acids is 1. The van der Waals surface area contributed by atoms with Gasteiger partial charge in [0, 0.05) is 13.0 Å². The molecule has 0 radical (unpaired) electrons. The number of unbranched alkanes of at least 4 members (excludes halogenated alkanes) is 1. The summed E-state index contributed by atoms with van der Waals surface area (Å²) >= 11 is 0. The highest BCUT2D eigenvalue weighted by molar-refractivity contribution is 5.78. The second-order valence-corrected chi connectivity index (χ2v) is 7.80. The zero-order valence-corrected chi connectivity index (χ0v) is 19.2. The van der Waals surface area contributed by atoms with Crippen LogP contribution in [0.1, 0.15) is 55.8 Å². The number of rotatable bonds is 13. The number of nitrogens with one attached hydrogen (secondary N) is 1. The number of alkyl halides is 3. The van der Waals surface area contributed by atoms with Gasteiger partial charge in [0.15, 0.2) is 12.7 Å². The molecule has 0 saturated carbocycles. The van der Waals surface area contributed by atoms with Crippen molar-refractivity contribution in [1.29, 1.82) is 0 Å². The number of carbonyl (C=O) groups excluding carboxylic acids is 1. The fraction of sp³-hybridized carbons (Fsp3) is 0.440. The van der Waals surface area contributed by atoms with E-state index in [0.717, 1.165) is 30.5 Å². The van der Waals surface area contributed by atoms with E-state index in [9.17, 15) is 27.9 Å². The van der Waals surface area contributed by atoms with Gasteiger partial charge in [-0.2, -0.15) is 13.2 Å². The van der Waals surface area contributed by atoms with Crippen LogP contribution in [0, 0.1) is 0 Å². The van der Waals surface area contributed by atoms with Crippen molar-refractivity contribution in [2.45, 2.75) is 57.9 Å². The molecule has 0 aliphatic heterocycles. The highest BCUT2D eigenvalue weighted by Crippen LogP contribution is 2.30. The van der Waals surface area contributed by atoms with Crippen LogP contribution in [-0.2, 0) is 26.9 Å². The van der Waals surface area contributed by atoms with Gasteiger partial charge in [-0.15, -0.1) is 0 Å². The molecule has 9 heteroatoms. The molecule has 0 saturated heterocycles. The van der Waals surface area contributed by atoms with Gasteiger partial charge in [0.05, 0.1) is 11.6 Å². The van der Waals surface area contributed by atoms with Crippen molar-refractivity contribution in [3.63, 3.8) is 0 Å². The van der Waals surface area contributed by atoms with E-state index < -0.39 is 35.8 Å². The summed E-state index contributed by atoms with van der Waals surface area (Å²) in [6.07, 6.45) is -2.88. The summed E-state index contributed by atoms with van der Waals surface area (Å²) in [7, 11) is 0. The Bertz CT molecular complexity index is 914. The Balaban J connectivity index is 1.94.